The molecule has 0 aromatic carbocycles. The SMILES string of the molecule is Cc1sc2ncnc(NN=Cc3ccccn3)c2c1C. The van der Waals surface area contributed by atoms with Crippen molar-refractivity contribution in [3.05, 3.63) is 46.9 Å². The van der Waals surface area contributed by atoms with Crippen LogP contribution in [0, 0.1) is 13.8 Å². The first kappa shape index (κ1) is 12.7. The van der Waals surface area contributed by atoms with Crippen molar-refractivity contribution in [1.29, 1.82) is 0 Å². The van der Waals surface area contributed by atoms with E-state index in [4.69, 9.17) is 0 Å². The van der Waals surface area contributed by atoms with E-state index in [9.17, 15) is 0 Å². The summed E-state index contributed by atoms with van der Waals surface area (Å²) in [6.07, 6.45) is 4.95. The van der Waals surface area contributed by atoms with Crippen LogP contribution < -0.4 is 5.43 Å². The highest BCUT2D eigenvalue weighted by Crippen LogP contribution is 2.32. The second kappa shape index (κ2) is 5.34. The fourth-order valence-corrected chi connectivity index (χ4v) is 2.88. The Bertz CT molecular complexity index is 764. The summed E-state index contributed by atoms with van der Waals surface area (Å²) in [6.45, 7) is 4.16. The van der Waals surface area contributed by atoms with Crippen LogP contribution in [0.25, 0.3) is 10.2 Å². The highest BCUT2D eigenvalue weighted by atomic mass is 32.1. The standard InChI is InChI=1S/C14H13N5S/c1-9-10(2)20-14-12(9)13(16-8-17-14)19-18-7-11-5-3-4-6-15-11/h3-8H,1-2H3,(H,16,17,19). The first-order valence-electron chi connectivity index (χ1n) is 6.16. The van der Waals surface area contributed by atoms with E-state index in [2.05, 4.69) is 39.3 Å². The maximum absolute atomic E-state index is 4.29. The summed E-state index contributed by atoms with van der Waals surface area (Å²) < 4.78 is 0. The summed E-state index contributed by atoms with van der Waals surface area (Å²) in [7, 11) is 0. The van der Waals surface area contributed by atoms with Gasteiger partial charge in [0.15, 0.2) is 5.82 Å². The maximum Gasteiger partial charge on any atom is 0.158 e. The van der Waals surface area contributed by atoms with Crippen LogP contribution in [0.4, 0.5) is 5.82 Å². The fourth-order valence-electron chi connectivity index (χ4n) is 1.88. The minimum absolute atomic E-state index is 0.726. The molecule has 100 valence electrons. The van der Waals surface area contributed by atoms with Gasteiger partial charge in [-0.05, 0) is 31.5 Å². The molecule has 0 saturated heterocycles. The molecule has 0 amide bonds. The molecule has 0 radical (unpaired) electrons. The van der Waals surface area contributed by atoms with Crippen LogP contribution in [0.2, 0.25) is 0 Å². The van der Waals surface area contributed by atoms with E-state index in [1.165, 1.54) is 10.4 Å². The van der Waals surface area contributed by atoms with E-state index < -0.39 is 0 Å². The number of pyridine rings is 1. The van der Waals surface area contributed by atoms with Gasteiger partial charge in [0.25, 0.3) is 0 Å². The number of hydrogen-bond donors (Lipinski definition) is 1. The first-order valence-corrected chi connectivity index (χ1v) is 6.98. The van der Waals surface area contributed by atoms with Gasteiger partial charge in [-0.2, -0.15) is 5.10 Å². The molecule has 3 aromatic rings. The third-order valence-corrected chi connectivity index (χ3v) is 4.14. The lowest BCUT2D eigenvalue weighted by atomic mass is 10.2. The summed E-state index contributed by atoms with van der Waals surface area (Å²) in [4.78, 5) is 15.0. The third kappa shape index (κ3) is 2.37. The molecule has 0 saturated carbocycles. The molecule has 0 unspecified atom stereocenters. The maximum atomic E-state index is 4.29. The Morgan fingerprint density at radius 2 is 2.10 bits per heavy atom. The number of hydrazone groups is 1. The zero-order chi connectivity index (χ0) is 13.9. The van der Waals surface area contributed by atoms with Crippen molar-refractivity contribution >= 4 is 33.6 Å². The molecule has 3 aromatic heterocycles. The number of rotatable bonds is 3. The minimum Gasteiger partial charge on any atom is -0.261 e. The predicted octanol–water partition coefficient (Wildman–Crippen LogP) is 3.15. The van der Waals surface area contributed by atoms with Crippen molar-refractivity contribution in [3.8, 4) is 0 Å². The van der Waals surface area contributed by atoms with Gasteiger partial charge in [0, 0.05) is 11.1 Å². The average molecular weight is 283 g/mol. The van der Waals surface area contributed by atoms with Crippen molar-refractivity contribution < 1.29 is 0 Å². The molecule has 0 aliphatic heterocycles. The molecular formula is C14H13N5S. The number of aryl methyl sites for hydroxylation is 2. The molecule has 5 nitrogen and oxygen atoms in total. The highest BCUT2D eigenvalue weighted by molar-refractivity contribution is 7.18. The van der Waals surface area contributed by atoms with Gasteiger partial charge >= 0.3 is 0 Å². The Labute approximate surface area is 120 Å². The number of nitrogens with one attached hydrogen (secondary N) is 1. The number of hydrogen-bond acceptors (Lipinski definition) is 6. The van der Waals surface area contributed by atoms with Crippen LogP contribution >= 0.6 is 11.3 Å². The summed E-state index contributed by atoms with van der Waals surface area (Å²) >= 11 is 1.67. The monoisotopic (exact) mass is 283 g/mol. The van der Waals surface area contributed by atoms with Crippen LogP contribution in [0.1, 0.15) is 16.1 Å². The van der Waals surface area contributed by atoms with Crippen LogP contribution in [-0.4, -0.2) is 21.2 Å². The molecule has 0 bridgehead atoms. The Morgan fingerprint density at radius 3 is 2.90 bits per heavy atom. The minimum atomic E-state index is 0.726. The lowest BCUT2D eigenvalue weighted by molar-refractivity contribution is 1.18. The van der Waals surface area contributed by atoms with Crippen molar-refractivity contribution in [2.45, 2.75) is 13.8 Å². The average Bonchev–Trinajstić information content (AvgIpc) is 2.76. The lowest BCUT2D eigenvalue weighted by Gasteiger charge is -2.01. The van der Waals surface area contributed by atoms with Crippen molar-refractivity contribution in [3.63, 3.8) is 0 Å². The lowest BCUT2D eigenvalue weighted by Crippen LogP contribution is -1.96. The van der Waals surface area contributed by atoms with Crippen LogP contribution in [-0.2, 0) is 0 Å². The second-order valence-corrected chi connectivity index (χ2v) is 5.51. The molecule has 3 heterocycles. The van der Waals surface area contributed by atoms with Gasteiger partial charge < -0.3 is 0 Å². The molecule has 6 heteroatoms. The highest BCUT2D eigenvalue weighted by Gasteiger charge is 2.10. The zero-order valence-electron chi connectivity index (χ0n) is 11.2. The van der Waals surface area contributed by atoms with Gasteiger partial charge in [-0.25, -0.2) is 9.97 Å². The third-order valence-electron chi connectivity index (χ3n) is 3.02. The largest absolute Gasteiger partial charge is 0.261 e. The number of thiophene rings is 1. The molecule has 3 rings (SSSR count). The quantitative estimate of drug-likeness (QED) is 0.592. The Balaban J connectivity index is 1.90. The zero-order valence-corrected chi connectivity index (χ0v) is 12.0. The van der Waals surface area contributed by atoms with Crippen molar-refractivity contribution in [2.75, 3.05) is 5.43 Å². The molecule has 0 aliphatic rings. The fraction of sp³-hybridized carbons (Fsp3) is 0.143. The normalized spacial score (nSPS) is 11.3. The van der Waals surface area contributed by atoms with Crippen molar-refractivity contribution in [1.82, 2.24) is 15.0 Å². The molecule has 0 fully saturated rings. The number of anilines is 1. The van der Waals surface area contributed by atoms with Crippen LogP contribution in [0.3, 0.4) is 0 Å². The summed E-state index contributed by atoms with van der Waals surface area (Å²) in [5.74, 6) is 0.726. The topological polar surface area (TPSA) is 63.1 Å². The van der Waals surface area contributed by atoms with E-state index in [-0.39, 0.29) is 0 Å². The van der Waals surface area contributed by atoms with E-state index in [0.29, 0.717) is 0 Å². The Kier molecular flexibility index (Phi) is 3.39. The predicted molar refractivity (Wildman–Crippen MR) is 82.3 cm³/mol. The smallest absolute Gasteiger partial charge is 0.158 e. The molecule has 0 spiro atoms. The number of nitrogens with zero attached hydrogens (tertiary/aromatic N) is 4. The molecule has 1 N–H and O–H groups in total. The van der Waals surface area contributed by atoms with E-state index in [0.717, 1.165) is 21.7 Å². The van der Waals surface area contributed by atoms with Crippen molar-refractivity contribution in [2.24, 2.45) is 5.10 Å². The van der Waals surface area contributed by atoms with Crippen LogP contribution in [0.15, 0.2) is 35.8 Å². The Morgan fingerprint density at radius 1 is 1.20 bits per heavy atom. The number of aromatic nitrogens is 3. The molecular weight excluding hydrogens is 270 g/mol. The van der Waals surface area contributed by atoms with Gasteiger partial charge in [-0.15, -0.1) is 11.3 Å². The van der Waals surface area contributed by atoms with E-state index in [1.807, 2.05) is 18.2 Å². The van der Waals surface area contributed by atoms with Gasteiger partial charge in [0.05, 0.1) is 17.3 Å². The van der Waals surface area contributed by atoms with Gasteiger partial charge in [-0.3, -0.25) is 10.4 Å². The van der Waals surface area contributed by atoms with Gasteiger partial charge in [-0.1, -0.05) is 6.07 Å². The summed E-state index contributed by atoms with van der Waals surface area (Å²) in [6, 6.07) is 5.68. The molecule has 0 atom stereocenters. The molecule has 0 aliphatic carbocycles. The first-order chi connectivity index (χ1) is 9.75. The Hall–Kier alpha value is -2.34. The van der Waals surface area contributed by atoms with E-state index in [1.54, 1.807) is 30.1 Å². The van der Waals surface area contributed by atoms with Crippen LogP contribution in [0.5, 0.6) is 0 Å². The molecule has 20 heavy (non-hydrogen) atoms. The van der Waals surface area contributed by atoms with Gasteiger partial charge in [0.2, 0.25) is 0 Å². The number of fused-ring (bicyclic) bond motifs is 1. The second-order valence-electron chi connectivity index (χ2n) is 4.31. The summed E-state index contributed by atoms with van der Waals surface area (Å²) in [5, 5.41) is 5.22. The summed E-state index contributed by atoms with van der Waals surface area (Å²) in [5.41, 5.74) is 4.97. The van der Waals surface area contributed by atoms with Gasteiger partial charge in [0.1, 0.15) is 11.2 Å². The van der Waals surface area contributed by atoms with E-state index >= 15 is 0 Å².